The van der Waals surface area contributed by atoms with Gasteiger partial charge >= 0.3 is 0 Å². The van der Waals surface area contributed by atoms with Crippen LogP contribution in [0.5, 0.6) is 0 Å². The van der Waals surface area contributed by atoms with Gasteiger partial charge in [0.2, 0.25) is 11.8 Å². The molecule has 2 amide bonds. The Morgan fingerprint density at radius 3 is 2.40 bits per heavy atom. The van der Waals surface area contributed by atoms with Gasteiger partial charge in [0.15, 0.2) is 0 Å². The fourth-order valence-corrected chi connectivity index (χ4v) is 3.15. The third-order valence-corrected chi connectivity index (χ3v) is 4.81. The zero-order chi connectivity index (χ0) is 18.2. The highest BCUT2D eigenvalue weighted by molar-refractivity contribution is 8.00. The Hall–Kier alpha value is -2.34. The van der Waals surface area contributed by atoms with Crippen LogP contribution in [0.1, 0.15) is 12.5 Å². The number of nitrogens with one attached hydrogen (secondary N) is 1. The predicted octanol–water partition coefficient (Wildman–Crippen LogP) is 3.08. The standard InChI is InChI=1S/C19H21FN2O2S/c1-14(19(24)21-2)22(12-15-8-6-7-11-17(15)20)18(23)13-25-16-9-4-3-5-10-16/h3-11,14H,12-13H2,1-2H3,(H,21,24)/t14-/m1/s1. The molecule has 2 rings (SSSR count). The highest BCUT2D eigenvalue weighted by atomic mass is 32.2. The summed E-state index contributed by atoms with van der Waals surface area (Å²) in [6.45, 7) is 1.69. The number of likely N-dealkylation sites (N-methyl/N-ethyl adjacent to an activating group) is 1. The number of hydrogen-bond donors (Lipinski definition) is 1. The van der Waals surface area contributed by atoms with Gasteiger partial charge in [-0.3, -0.25) is 9.59 Å². The summed E-state index contributed by atoms with van der Waals surface area (Å²) in [7, 11) is 1.52. The maximum Gasteiger partial charge on any atom is 0.242 e. The fraction of sp³-hybridized carbons (Fsp3) is 0.263. The smallest absolute Gasteiger partial charge is 0.242 e. The van der Waals surface area contributed by atoms with Crippen molar-refractivity contribution in [3.05, 3.63) is 66.0 Å². The van der Waals surface area contributed by atoms with Crippen LogP contribution in [-0.2, 0) is 16.1 Å². The van der Waals surface area contributed by atoms with E-state index in [1.54, 1.807) is 25.1 Å². The summed E-state index contributed by atoms with van der Waals surface area (Å²) in [5, 5.41) is 2.54. The molecule has 0 heterocycles. The summed E-state index contributed by atoms with van der Waals surface area (Å²) in [6, 6.07) is 15.1. The van der Waals surface area contributed by atoms with Gasteiger partial charge in [-0.2, -0.15) is 0 Å². The van der Waals surface area contributed by atoms with Crippen molar-refractivity contribution in [2.75, 3.05) is 12.8 Å². The van der Waals surface area contributed by atoms with Gasteiger partial charge in [-0.05, 0) is 25.1 Å². The van der Waals surface area contributed by atoms with Crippen LogP contribution in [0.15, 0.2) is 59.5 Å². The molecule has 0 fully saturated rings. The Bertz CT molecular complexity index is 724. The van der Waals surface area contributed by atoms with Crippen LogP contribution in [0.3, 0.4) is 0 Å². The zero-order valence-electron chi connectivity index (χ0n) is 14.2. The number of benzene rings is 2. The van der Waals surface area contributed by atoms with E-state index in [9.17, 15) is 14.0 Å². The molecule has 2 aromatic rings. The van der Waals surface area contributed by atoms with Gasteiger partial charge in [0, 0.05) is 24.1 Å². The van der Waals surface area contributed by atoms with Gasteiger partial charge in [-0.15, -0.1) is 11.8 Å². The van der Waals surface area contributed by atoms with Crippen molar-refractivity contribution in [3.8, 4) is 0 Å². The number of thioether (sulfide) groups is 1. The molecule has 6 heteroatoms. The molecule has 0 aromatic heterocycles. The van der Waals surface area contributed by atoms with Crippen molar-refractivity contribution in [2.45, 2.75) is 24.4 Å². The molecule has 0 radical (unpaired) electrons. The molecule has 0 spiro atoms. The van der Waals surface area contributed by atoms with Crippen molar-refractivity contribution in [3.63, 3.8) is 0 Å². The van der Waals surface area contributed by atoms with Crippen molar-refractivity contribution < 1.29 is 14.0 Å². The third-order valence-electron chi connectivity index (χ3n) is 3.82. The summed E-state index contributed by atoms with van der Waals surface area (Å²) in [5.74, 6) is -0.706. The summed E-state index contributed by atoms with van der Waals surface area (Å²) in [6.07, 6.45) is 0. The van der Waals surface area contributed by atoms with Crippen LogP contribution in [0.25, 0.3) is 0 Å². The Balaban J connectivity index is 2.14. The lowest BCUT2D eigenvalue weighted by molar-refractivity contribution is -0.138. The van der Waals surface area contributed by atoms with Crippen molar-refractivity contribution in [1.29, 1.82) is 0 Å². The minimum absolute atomic E-state index is 0.0510. The largest absolute Gasteiger partial charge is 0.357 e. The van der Waals surface area contributed by atoms with E-state index in [0.717, 1.165) is 4.90 Å². The molecule has 25 heavy (non-hydrogen) atoms. The van der Waals surface area contributed by atoms with E-state index in [1.807, 2.05) is 30.3 Å². The molecule has 0 bridgehead atoms. The van der Waals surface area contributed by atoms with Gasteiger partial charge in [-0.25, -0.2) is 4.39 Å². The Morgan fingerprint density at radius 1 is 1.12 bits per heavy atom. The van der Waals surface area contributed by atoms with Gasteiger partial charge in [0.05, 0.1) is 5.75 Å². The maximum atomic E-state index is 14.0. The molecule has 1 N–H and O–H groups in total. The number of halogens is 1. The molecule has 4 nitrogen and oxygen atoms in total. The Labute approximate surface area is 151 Å². The molecule has 132 valence electrons. The second kappa shape index (κ2) is 9.22. The number of amides is 2. The first-order valence-electron chi connectivity index (χ1n) is 7.95. The summed E-state index contributed by atoms with van der Waals surface area (Å²) in [4.78, 5) is 27.1. The Morgan fingerprint density at radius 2 is 1.76 bits per heavy atom. The SMILES string of the molecule is CNC(=O)[C@@H](C)N(Cc1ccccc1F)C(=O)CSc1ccccc1. The second-order valence-corrected chi connectivity index (χ2v) is 6.55. The van der Waals surface area contributed by atoms with Gasteiger partial charge in [-0.1, -0.05) is 36.4 Å². The molecule has 2 aromatic carbocycles. The minimum atomic E-state index is -0.687. The molecule has 0 aliphatic heterocycles. The van der Waals surface area contributed by atoms with Crippen LogP contribution in [0.2, 0.25) is 0 Å². The maximum absolute atomic E-state index is 14.0. The van der Waals surface area contributed by atoms with Crippen LogP contribution in [0, 0.1) is 5.82 Å². The highest BCUT2D eigenvalue weighted by Crippen LogP contribution is 2.20. The van der Waals surface area contributed by atoms with Crippen molar-refractivity contribution in [1.82, 2.24) is 10.2 Å². The van der Waals surface area contributed by atoms with Crippen LogP contribution >= 0.6 is 11.8 Å². The normalized spacial score (nSPS) is 11.6. The molecular weight excluding hydrogens is 339 g/mol. The summed E-state index contributed by atoms with van der Waals surface area (Å²) < 4.78 is 14.0. The van der Waals surface area contributed by atoms with E-state index in [0.29, 0.717) is 5.56 Å². The number of carbonyl (C=O) groups is 2. The number of nitrogens with zero attached hydrogens (tertiary/aromatic N) is 1. The lowest BCUT2D eigenvalue weighted by Crippen LogP contribution is -2.47. The van der Waals surface area contributed by atoms with E-state index < -0.39 is 6.04 Å². The lowest BCUT2D eigenvalue weighted by atomic mass is 10.1. The van der Waals surface area contributed by atoms with Gasteiger partial charge in [0.25, 0.3) is 0 Å². The third kappa shape index (κ3) is 5.32. The Kier molecular flexibility index (Phi) is 7.01. The quantitative estimate of drug-likeness (QED) is 0.772. The molecule has 0 saturated carbocycles. The van der Waals surface area contributed by atoms with E-state index >= 15 is 0 Å². The van der Waals surface area contributed by atoms with E-state index in [1.165, 1.54) is 29.8 Å². The summed E-state index contributed by atoms with van der Waals surface area (Å²) >= 11 is 1.39. The fourth-order valence-electron chi connectivity index (χ4n) is 2.35. The molecule has 0 saturated heterocycles. The average Bonchev–Trinajstić information content (AvgIpc) is 2.65. The van der Waals surface area contributed by atoms with E-state index in [4.69, 9.17) is 0 Å². The predicted molar refractivity (Wildman–Crippen MR) is 97.6 cm³/mol. The molecule has 1 atom stereocenters. The molecule has 0 unspecified atom stereocenters. The first-order chi connectivity index (χ1) is 12.0. The second-order valence-electron chi connectivity index (χ2n) is 5.51. The number of carbonyl (C=O) groups excluding carboxylic acids is 2. The first kappa shape index (κ1) is 19.0. The minimum Gasteiger partial charge on any atom is -0.357 e. The summed E-state index contributed by atoms with van der Waals surface area (Å²) in [5.41, 5.74) is 0.385. The highest BCUT2D eigenvalue weighted by Gasteiger charge is 2.26. The van der Waals surface area contributed by atoms with Crippen molar-refractivity contribution in [2.24, 2.45) is 0 Å². The lowest BCUT2D eigenvalue weighted by Gasteiger charge is -2.28. The van der Waals surface area contributed by atoms with Crippen LogP contribution in [-0.4, -0.2) is 35.6 Å². The number of rotatable bonds is 7. The molecule has 0 aliphatic rings. The van der Waals surface area contributed by atoms with E-state index in [2.05, 4.69) is 5.32 Å². The first-order valence-corrected chi connectivity index (χ1v) is 8.93. The van der Waals surface area contributed by atoms with Gasteiger partial charge in [0.1, 0.15) is 11.9 Å². The zero-order valence-corrected chi connectivity index (χ0v) is 15.1. The monoisotopic (exact) mass is 360 g/mol. The van der Waals surface area contributed by atoms with E-state index in [-0.39, 0.29) is 29.9 Å². The average molecular weight is 360 g/mol. The van der Waals surface area contributed by atoms with Gasteiger partial charge < -0.3 is 10.2 Å². The topological polar surface area (TPSA) is 49.4 Å². The van der Waals surface area contributed by atoms with Crippen LogP contribution in [0.4, 0.5) is 4.39 Å². The van der Waals surface area contributed by atoms with Crippen molar-refractivity contribution >= 4 is 23.6 Å². The van der Waals surface area contributed by atoms with Crippen LogP contribution < -0.4 is 5.32 Å². The molecular formula is C19H21FN2O2S. The number of hydrogen-bond acceptors (Lipinski definition) is 3. The molecule has 0 aliphatic carbocycles.